The maximum atomic E-state index is 5.51. The zero-order valence-corrected chi connectivity index (χ0v) is 37.0. The first-order valence-electron chi connectivity index (χ1n) is 23.9. The van der Waals surface area contributed by atoms with Crippen LogP contribution >= 0.6 is 11.8 Å². The van der Waals surface area contributed by atoms with Crippen molar-refractivity contribution in [2.75, 3.05) is 4.90 Å². The second-order valence-corrected chi connectivity index (χ2v) is 20.0. The number of nitrogens with zero attached hydrogens (tertiary/aromatic N) is 4. The highest BCUT2D eigenvalue weighted by Gasteiger charge is 2.42. The Balaban J connectivity index is 0.934. The number of fused-ring (bicyclic) bond motifs is 6. The molecule has 0 fully saturated rings. The van der Waals surface area contributed by atoms with Crippen LogP contribution in [0.5, 0.6) is 0 Å². The number of thioether (sulfide) groups is 1. The Morgan fingerprint density at radius 3 is 2.46 bits per heavy atom. The molecule has 0 saturated heterocycles. The molecule has 7 atom stereocenters. The van der Waals surface area contributed by atoms with Crippen molar-refractivity contribution in [1.82, 2.24) is 15.0 Å². The number of benzene rings is 2. The summed E-state index contributed by atoms with van der Waals surface area (Å²) < 4.78 is 0. The first-order chi connectivity index (χ1) is 31.2. The molecule has 0 amide bonds. The van der Waals surface area contributed by atoms with Gasteiger partial charge in [-0.15, -0.1) is 11.8 Å². The maximum Gasteiger partial charge on any atom is 0.163 e. The van der Waals surface area contributed by atoms with Crippen molar-refractivity contribution in [1.29, 1.82) is 0 Å². The first kappa shape index (κ1) is 39.1. The van der Waals surface area contributed by atoms with Gasteiger partial charge in [-0.05, 0) is 135 Å². The molecule has 3 heterocycles. The largest absolute Gasteiger partial charge is 0.337 e. The van der Waals surface area contributed by atoms with E-state index in [1.165, 1.54) is 56.1 Å². The van der Waals surface area contributed by atoms with Crippen LogP contribution in [0.2, 0.25) is 0 Å². The predicted octanol–water partition coefficient (Wildman–Crippen LogP) is 14.4. The van der Waals surface area contributed by atoms with E-state index in [1.807, 2.05) is 11.8 Å². The lowest BCUT2D eigenvalue weighted by atomic mass is 9.72. The number of anilines is 1. The van der Waals surface area contributed by atoms with Crippen molar-refractivity contribution in [3.05, 3.63) is 203 Å². The Morgan fingerprint density at radius 2 is 1.59 bits per heavy atom. The summed E-state index contributed by atoms with van der Waals surface area (Å²) in [6, 6.07) is 16.4. The molecule has 0 radical (unpaired) electrons. The van der Waals surface area contributed by atoms with Gasteiger partial charge in [0, 0.05) is 45.5 Å². The quantitative estimate of drug-likeness (QED) is 0.222. The predicted molar refractivity (Wildman–Crippen MR) is 262 cm³/mol. The molecule has 3 aromatic rings. The van der Waals surface area contributed by atoms with E-state index in [-0.39, 0.29) is 11.8 Å². The van der Waals surface area contributed by atoms with Gasteiger partial charge in [0.1, 0.15) is 11.6 Å². The Hall–Kier alpha value is -5.52. The molecule has 4 nitrogen and oxygen atoms in total. The maximum absolute atomic E-state index is 5.51. The summed E-state index contributed by atoms with van der Waals surface area (Å²) in [7, 11) is 0. The Morgan fingerprint density at radius 1 is 0.667 bits per heavy atom. The Bertz CT molecular complexity index is 2710. The van der Waals surface area contributed by atoms with Crippen LogP contribution in [0.15, 0.2) is 174 Å². The van der Waals surface area contributed by atoms with Gasteiger partial charge in [0.15, 0.2) is 5.82 Å². The van der Waals surface area contributed by atoms with Crippen LogP contribution < -0.4 is 4.90 Å². The first-order valence-corrected chi connectivity index (χ1v) is 24.8. The van der Waals surface area contributed by atoms with Crippen molar-refractivity contribution < 1.29 is 0 Å². The van der Waals surface area contributed by atoms with Crippen molar-refractivity contribution in [2.45, 2.75) is 111 Å². The molecule has 9 aliphatic rings. The molecule has 7 aliphatic carbocycles. The number of rotatable bonds is 7. The van der Waals surface area contributed by atoms with Gasteiger partial charge in [0.05, 0.1) is 11.3 Å². The summed E-state index contributed by atoms with van der Waals surface area (Å²) in [6.45, 7) is 0. The highest BCUT2D eigenvalue weighted by atomic mass is 32.2. The molecule has 0 spiro atoms. The van der Waals surface area contributed by atoms with E-state index in [4.69, 9.17) is 15.0 Å². The Labute approximate surface area is 377 Å². The number of allylic oxidation sites excluding steroid dienone is 21. The summed E-state index contributed by atoms with van der Waals surface area (Å²) in [6.07, 6.45) is 56.1. The molecular formula is C58H56N4S. The fourth-order valence-corrected chi connectivity index (χ4v) is 13.1. The highest BCUT2D eigenvalue weighted by molar-refractivity contribution is 8.01. The molecule has 63 heavy (non-hydrogen) atoms. The fourth-order valence-electron chi connectivity index (χ4n) is 11.8. The van der Waals surface area contributed by atoms with E-state index in [0.29, 0.717) is 29.0 Å². The zero-order valence-electron chi connectivity index (χ0n) is 36.2. The van der Waals surface area contributed by atoms with Gasteiger partial charge in [-0.1, -0.05) is 139 Å². The molecule has 0 saturated carbocycles. The lowest BCUT2D eigenvalue weighted by Crippen LogP contribution is -2.33. The normalized spacial score (nSPS) is 29.1. The van der Waals surface area contributed by atoms with E-state index in [1.54, 1.807) is 5.56 Å². The average Bonchev–Trinajstić information content (AvgIpc) is 3.78. The van der Waals surface area contributed by atoms with Gasteiger partial charge >= 0.3 is 0 Å². The van der Waals surface area contributed by atoms with Gasteiger partial charge in [0.2, 0.25) is 0 Å². The molecule has 0 N–H and O–H groups in total. The third-order valence-corrected chi connectivity index (χ3v) is 16.3. The second-order valence-electron chi connectivity index (χ2n) is 18.8. The van der Waals surface area contributed by atoms with Crippen LogP contribution in [0.4, 0.5) is 5.69 Å². The van der Waals surface area contributed by atoms with Crippen LogP contribution in [0.1, 0.15) is 129 Å². The summed E-state index contributed by atoms with van der Waals surface area (Å²) in [5, 5.41) is 0.298. The van der Waals surface area contributed by atoms with E-state index in [2.05, 4.69) is 157 Å². The molecule has 2 aliphatic heterocycles. The summed E-state index contributed by atoms with van der Waals surface area (Å²) in [4.78, 5) is 20.3. The van der Waals surface area contributed by atoms with Gasteiger partial charge in [-0.2, -0.15) is 0 Å². The van der Waals surface area contributed by atoms with E-state index >= 15 is 0 Å². The third-order valence-electron chi connectivity index (χ3n) is 15.1. The summed E-state index contributed by atoms with van der Waals surface area (Å²) in [5.74, 6) is 4.28. The lowest BCUT2D eigenvalue weighted by molar-refractivity contribution is 0.451. The molecule has 12 rings (SSSR count). The third kappa shape index (κ3) is 7.40. The van der Waals surface area contributed by atoms with Crippen LogP contribution in [0.25, 0.3) is 16.7 Å². The van der Waals surface area contributed by atoms with Gasteiger partial charge in [0.25, 0.3) is 0 Å². The van der Waals surface area contributed by atoms with Crippen molar-refractivity contribution in [3.63, 3.8) is 0 Å². The summed E-state index contributed by atoms with van der Waals surface area (Å²) >= 11 is 2.04. The Kier molecular flexibility index (Phi) is 10.5. The monoisotopic (exact) mass is 840 g/mol. The van der Waals surface area contributed by atoms with Gasteiger partial charge in [-0.25, -0.2) is 15.0 Å². The minimum atomic E-state index is 0.0442. The zero-order chi connectivity index (χ0) is 41.7. The molecule has 7 unspecified atom stereocenters. The van der Waals surface area contributed by atoms with Crippen molar-refractivity contribution in [2.24, 2.45) is 11.8 Å². The smallest absolute Gasteiger partial charge is 0.163 e. The van der Waals surface area contributed by atoms with Crippen LogP contribution in [-0.2, 0) is 0 Å². The van der Waals surface area contributed by atoms with Crippen molar-refractivity contribution in [3.8, 4) is 0 Å². The molecule has 1 aromatic heterocycles. The number of hydrogen-bond acceptors (Lipinski definition) is 5. The second kappa shape index (κ2) is 16.9. The molecule has 2 aromatic carbocycles. The topological polar surface area (TPSA) is 41.9 Å². The minimum absolute atomic E-state index is 0.0442. The standard InChI is InChI=1S/C58H56N4S/c1-5-16-38(17-6-1)42-22-15-23-43(34-42)44-29-31-46(51(35-44)58-60-56(40-18-7-2-8-19-40)59-57(61-58)41-20-9-3-10-21-41)39-28-32-48-50-36-49-47-26-13-14-27-52(47)62(45-24-11-4-12-25-45)53(49)37-55(50)63-54(48)33-30-39/h1-2,4-7,9,11,14-17,20-22,24,27-28,30,32-37,40,43,46-47,51-52,54H,3,8,10,12-13,18-19,23,25-26,29,31H2. The number of aromatic nitrogens is 3. The van der Waals surface area contributed by atoms with E-state index in [0.717, 1.165) is 93.7 Å². The van der Waals surface area contributed by atoms with Crippen LogP contribution in [-0.4, -0.2) is 26.2 Å². The minimum Gasteiger partial charge on any atom is -0.337 e. The van der Waals surface area contributed by atoms with Crippen molar-refractivity contribution >= 4 is 34.2 Å². The molecular weight excluding hydrogens is 785 g/mol. The SMILES string of the molecule is C1=CCCC(N2c3cc4c(cc3C3CCC=CC32)C2=CC=C(C3CCC(C5C=C(c6ccccc6)C=CC5)=CC3c3nc(C5=CCCC=C5)nc(C5CC=CCC5)n3)C=CC2S4)=C1. The fraction of sp³-hybridized carbons (Fsp3) is 0.328. The van der Waals surface area contributed by atoms with Crippen LogP contribution in [0, 0.1) is 11.8 Å². The average molecular weight is 841 g/mol. The van der Waals surface area contributed by atoms with Crippen LogP contribution in [0.3, 0.4) is 0 Å². The molecule has 314 valence electrons. The highest BCUT2D eigenvalue weighted by Crippen LogP contribution is 2.56. The van der Waals surface area contributed by atoms with E-state index < -0.39 is 0 Å². The number of hydrogen-bond donors (Lipinski definition) is 0. The molecule has 5 heteroatoms. The summed E-state index contributed by atoms with van der Waals surface area (Å²) in [5.41, 5.74) is 14.0. The molecule has 0 bridgehead atoms. The van der Waals surface area contributed by atoms with E-state index in [9.17, 15) is 0 Å². The lowest BCUT2D eigenvalue weighted by Gasteiger charge is -2.33. The van der Waals surface area contributed by atoms with Gasteiger partial charge in [-0.3, -0.25) is 0 Å². The van der Waals surface area contributed by atoms with Gasteiger partial charge < -0.3 is 4.90 Å².